The van der Waals surface area contributed by atoms with Gasteiger partial charge in [0.2, 0.25) is 5.95 Å². The summed E-state index contributed by atoms with van der Waals surface area (Å²) in [6.45, 7) is 4.85. The third kappa shape index (κ3) is 2.74. The van der Waals surface area contributed by atoms with Crippen LogP contribution in [0.15, 0.2) is 29.1 Å². The van der Waals surface area contributed by atoms with E-state index in [0.29, 0.717) is 11.6 Å². The molecule has 2 heterocycles. The van der Waals surface area contributed by atoms with Crippen LogP contribution in [0, 0.1) is 6.92 Å². The quantitative estimate of drug-likeness (QED) is 0.904. The van der Waals surface area contributed by atoms with E-state index in [1.54, 1.807) is 14.0 Å². The lowest BCUT2D eigenvalue weighted by atomic mass is 10.2. The van der Waals surface area contributed by atoms with Crippen LogP contribution in [0.25, 0.3) is 0 Å². The minimum atomic E-state index is -0.183. The van der Waals surface area contributed by atoms with Crippen molar-refractivity contribution in [2.24, 2.45) is 0 Å². The maximum atomic E-state index is 11.6. The van der Waals surface area contributed by atoms with Gasteiger partial charge in [0, 0.05) is 26.2 Å². The molecule has 1 aliphatic rings. The van der Waals surface area contributed by atoms with Crippen molar-refractivity contribution in [2.75, 3.05) is 43.1 Å². The lowest BCUT2D eigenvalue weighted by Gasteiger charge is -2.36. The second-order valence-corrected chi connectivity index (χ2v) is 5.21. The molecular weight excluding hydrogens is 282 g/mol. The van der Waals surface area contributed by atoms with Gasteiger partial charge in [0.05, 0.1) is 12.8 Å². The molecule has 0 radical (unpaired) electrons. The molecule has 0 amide bonds. The summed E-state index contributed by atoms with van der Waals surface area (Å²) in [5, 5.41) is 7.96. The Morgan fingerprint density at radius 3 is 2.45 bits per heavy atom. The minimum absolute atomic E-state index is 0.183. The average Bonchev–Trinajstić information content (AvgIpc) is 2.57. The third-order valence-corrected chi connectivity index (χ3v) is 3.85. The number of rotatable bonds is 3. The maximum absolute atomic E-state index is 11.6. The van der Waals surface area contributed by atoms with Crippen molar-refractivity contribution in [1.82, 2.24) is 15.2 Å². The normalized spacial score (nSPS) is 15.0. The molecule has 1 aliphatic heterocycles. The van der Waals surface area contributed by atoms with Crippen molar-refractivity contribution in [3.05, 3.63) is 40.3 Å². The van der Waals surface area contributed by atoms with E-state index in [4.69, 9.17) is 4.74 Å². The number of hydrogen-bond donors (Lipinski definition) is 1. The molecule has 0 saturated carbocycles. The van der Waals surface area contributed by atoms with Crippen LogP contribution in [-0.2, 0) is 0 Å². The van der Waals surface area contributed by atoms with Gasteiger partial charge >= 0.3 is 0 Å². The van der Waals surface area contributed by atoms with E-state index in [1.807, 2.05) is 23.1 Å². The minimum Gasteiger partial charge on any atom is -0.495 e. The Morgan fingerprint density at radius 1 is 1.09 bits per heavy atom. The van der Waals surface area contributed by atoms with Crippen molar-refractivity contribution in [2.45, 2.75) is 6.92 Å². The molecule has 7 heteroatoms. The van der Waals surface area contributed by atoms with Crippen molar-refractivity contribution in [1.29, 1.82) is 0 Å². The van der Waals surface area contributed by atoms with Gasteiger partial charge in [-0.2, -0.15) is 0 Å². The number of aryl methyl sites for hydroxylation is 1. The van der Waals surface area contributed by atoms with E-state index in [-0.39, 0.29) is 5.56 Å². The number of nitrogens with one attached hydrogen (secondary N) is 1. The Bertz CT molecular complexity index is 707. The smallest absolute Gasteiger partial charge is 0.273 e. The predicted octanol–water partition coefficient (Wildman–Crippen LogP) is 0.809. The van der Waals surface area contributed by atoms with Crippen LogP contribution in [0.2, 0.25) is 0 Å². The van der Waals surface area contributed by atoms with E-state index in [2.05, 4.69) is 26.1 Å². The zero-order valence-electron chi connectivity index (χ0n) is 12.7. The molecule has 1 aromatic heterocycles. The number of benzene rings is 1. The molecule has 22 heavy (non-hydrogen) atoms. The Labute approximate surface area is 128 Å². The van der Waals surface area contributed by atoms with Crippen molar-refractivity contribution >= 4 is 11.6 Å². The van der Waals surface area contributed by atoms with Gasteiger partial charge in [-0.3, -0.25) is 9.78 Å². The lowest BCUT2D eigenvalue weighted by molar-refractivity contribution is 0.413. The molecule has 116 valence electrons. The highest BCUT2D eigenvalue weighted by Gasteiger charge is 2.21. The maximum Gasteiger partial charge on any atom is 0.273 e. The number of para-hydroxylation sites is 2. The van der Waals surface area contributed by atoms with Crippen molar-refractivity contribution in [3.63, 3.8) is 0 Å². The van der Waals surface area contributed by atoms with Crippen LogP contribution in [-0.4, -0.2) is 48.5 Å². The summed E-state index contributed by atoms with van der Waals surface area (Å²) in [4.78, 5) is 18.7. The highest BCUT2D eigenvalue weighted by atomic mass is 16.5. The molecule has 0 unspecified atom stereocenters. The zero-order chi connectivity index (χ0) is 15.5. The molecule has 3 rings (SSSR count). The Morgan fingerprint density at radius 2 is 1.77 bits per heavy atom. The van der Waals surface area contributed by atoms with E-state index >= 15 is 0 Å². The second-order valence-electron chi connectivity index (χ2n) is 5.21. The van der Waals surface area contributed by atoms with E-state index in [9.17, 15) is 4.79 Å². The summed E-state index contributed by atoms with van der Waals surface area (Å²) in [5.41, 5.74) is 1.29. The highest BCUT2D eigenvalue weighted by Crippen LogP contribution is 2.28. The van der Waals surface area contributed by atoms with Crippen LogP contribution in [0.3, 0.4) is 0 Å². The monoisotopic (exact) mass is 301 g/mol. The fraction of sp³-hybridized carbons (Fsp3) is 0.400. The summed E-state index contributed by atoms with van der Waals surface area (Å²) in [7, 11) is 1.68. The third-order valence-electron chi connectivity index (χ3n) is 3.85. The van der Waals surface area contributed by atoms with Crippen molar-refractivity contribution in [3.8, 4) is 5.75 Å². The van der Waals surface area contributed by atoms with Gasteiger partial charge in [-0.05, 0) is 19.1 Å². The topological polar surface area (TPSA) is 74.3 Å². The molecule has 7 nitrogen and oxygen atoms in total. The van der Waals surface area contributed by atoms with Crippen molar-refractivity contribution < 1.29 is 4.74 Å². The van der Waals surface area contributed by atoms with Gasteiger partial charge in [0.1, 0.15) is 11.4 Å². The zero-order valence-corrected chi connectivity index (χ0v) is 12.7. The first kappa shape index (κ1) is 14.4. The fourth-order valence-electron chi connectivity index (χ4n) is 2.58. The molecule has 1 saturated heterocycles. The largest absolute Gasteiger partial charge is 0.495 e. The van der Waals surface area contributed by atoms with Gasteiger partial charge in [-0.1, -0.05) is 12.1 Å². The summed E-state index contributed by atoms with van der Waals surface area (Å²) in [5.74, 6) is 1.41. The Kier molecular flexibility index (Phi) is 3.95. The Balaban J connectivity index is 1.72. The van der Waals surface area contributed by atoms with Gasteiger partial charge < -0.3 is 14.5 Å². The summed E-state index contributed by atoms with van der Waals surface area (Å²) in [6.07, 6.45) is 0. The second kappa shape index (κ2) is 6.05. The number of piperazine rings is 1. The number of anilines is 2. The summed E-state index contributed by atoms with van der Waals surface area (Å²) >= 11 is 0. The van der Waals surface area contributed by atoms with Gasteiger partial charge in [-0.15, -0.1) is 10.2 Å². The van der Waals surface area contributed by atoms with Crippen LogP contribution in [0.5, 0.6) is 5.75 Å². The van der Waals surface area contributed by atoms with Gasteiger partial charge in [0.15, 0.2) is 0 Å². The number of hydrogen-bond acceptors (Lipinski definition) is 6. The SMILES string of the molecule is COc1ccccc1N1CCN(c2nnc(C)c(=O)[nH]2)CC1. The van der Waals surface area contributed by atoms with Crippen LogP contribution in [0.4, 0.5) is 11.6 Å². The first-order valence-electron chi connectivity index (χ1n) is 7.25. The van der Waals surface area contributed by atoms with Crippen LogP contribution < -0.4 is 20.1 Å². The summed E-state index contributed by atoms with van der Waals surface area (Å²) < 4.78 is 5.41. The molecule has 0 bridgehead atoms. The molecule has 2 aromatic rings. The van der Waals surface area contributed by atoms with E-state index < -0.39 is 0 Å². The number of aromatic amines is 1. The molecule has 0 atom stereocenters. The predicted molar refractivity (Wildman–Crippen MR) is 84.8 cm³/mol. The molecular formula is C15H19N5O2. The highest BCUT2D eigenvalue weighted by molar-refractivity contribution is 5.59. The summed E-state index contributed by atoms with van der Waals surface area (Å²) in [6, 6.07) is 7.99. The molecule has 1 fully saturated rings. The van der Waals surface area contributed by atoms with Gasteiger partial charge in [0.25, 0.3) is 5.56 Å². The fourth-order valence-corrected chi connectivity index (χ4v) is 2.58. The number of H-pyrrole nitrogens is 1. The van der Waals surface area contributed by atoms with E-state index in [1.165, 1.54) is 0 Å². The molecule has 1 aromatic carbocycles. The number of nitrogens with zero attached hydrogens (tertiary/aromatic N) is 4. The molecule has 1 N–H and O–H groups in total. The number of aromatic nitrogens is 3. The first-order chi connectivity index (χ1) is 10.7. The number of ether oxygens (including phenoxy) is 1. The average molecular weight is 301 g/mol. The van der Waals surface area contributed by atoms with E-state index in [0.717, 1.165) is 37.6 Å². The standard InChI is InChI=1S/C15H19N5O2/c1-11-14(21)16-15(18-17-11)20-9-7-19(8-10-20)12-5-3-4-6-13(12)22-2/h3-6H,7-10H2,1-2H3,(H,16,18,21). The Hall–Kier alpha value is -2.57. The van der Waals surface area contributed by atoms with Crippen LogP contribution >= 0.6 is 0 Å². The lowest BCUT2D eigenvalue weighted by Crippen LogP contribution is -2.47. The van der Waals surface area contributed by atoms with Gasteiger partial charge in [-0.25, -0.2) is 0 Å². The number of methoxy groups -OCH3 is 1. The first-order valence-corrected chi connectivity index (χ1v) is 7.25. The van der Waals surface area contributed by atoms with Crippen LogP contribution in [0.1, 0.15) is 5.69 Å². The molecule has 0 aliphatic carbocycles. The molecule has 0 spiro atoms.